The first-order valence-corrected chi connectivity index (χ1v) is 9.45. The number of aliphatic imine (C=N–C) groups is 1. The topological polar surface area (TPSA) is 87.2 Å². The van der Waals surface area contributed by atoms with Crippen molar-refractivity contribution in [1.29, 1.82) is 0 Å². The summed E-state index contributed by atoms with van der Waals surface area (Å²) in [6.45, 7) is 18.0. The van der Waals surface area contributed by atoms with E-state index in [9.17, 15) is 4.79 Å². The minimum Gasteiger partial charge on any atom is -0.444 e. The Morgan fingerprint density at radius 1 is 1.15 bits per heavy atom. The van der Waals surface area contributed by atoms with E-state index in [0.717, 1.165) is 51.9 Å². The third kappa shape index (κ3) is 10.5. The van der Waals surface area contributed by atoms with Crippen LogP contribution in [0.15, 0.2) is 4.99 Å². The zero-order valence-corrected chi connectivity index (χ0v) is 17.3. The van der Waals surface area contributed by atoms with Crippen molar-refractivity contribution < 1.29 is 14.3 Å². The first kappa shape index (κ1) is 22.5. The highest BCUT2D eigenvalue weighted by atomic mass is 16.6. The van der Waals surface area contributed by atoms with Gasteiger partial charge in [0.15, 0.2) is 5.96 Å². The number of nitrogens with zero attached hydrogens (tertiary/aromatic N) is 2. The van der Waals surface area contributed by atoms with Gasteiger partial charge < -0.3 is 25.4 Å². The zero-order chi connectivity index (χ0) is 19.6. The predicted octanol–water partition coefficient (Wildman–Crippen LogP) is 1.18. The molecule has 1 aliphatic heterocycles. The molecule has 0 aromatic rings. The van der Waals surface area contributed by atoms with E-state index in [1.165, 1.54) is 0 Å². The number of morpholine rings is 1. The van der Waals surface area contributed by atoms with E-state index >= 15 is 0 Å². The van der Waals surface area contributed by atoms with Gasteiger partial charge in [-0.05, 0) is 41.5 Å². The Hall–Kier alpha value is -1.54. The zero-order valence-electron chi connectivity index (χ0n) is 17.3. The first-order valence-electron chi connectivity index (χ1n) is 9.45. The van der Waals surface area contributed by atoms with Crippen LogP contribution >= 0.6 is 0 Å². The Morgan fingerprint density at radius 2 is 1.81 bits per heavy atom. The van der Waals surface area contributed by atoms with Gasteiger partial charge in [-0.1, -0.05) is 0 Å². The highest BCUT2D eigenvalue weighted by Gasteiger charge is 2.24. The summed E-state index contributed by atoms with van der Waals surface area (Å²) in [5, 5.41) is 9.45. The molecule has 1 rings (SSSR count). The normalized spacial score (nSPS) is 16.9. The van der Waals surface area contributed by atoms with Crippen LogP contribution in [0.5, 0.6) is 0 Å². The molecule has 1 saturated heterocycles. The average Bonchev–Trinajstić information content (AvgIpc) is 2.51. The SMILES string of the molecule is CCNC(=NCC(C)(C)NC(=O)OC(C)(C)C)NCCN1CCOCC1. The van der Waals surface area contributed by atoms with Crippen molar-refractivity contribution >= 4 is 12.1 Å². The standard InChI is InChI=1S/C18H37N5O3/c1-7-19-15(20-8-9-23-10-12-25-13-11-23)21-14-18(5,6)22-16(24)26-17(2,3)4/h7-14H2,1-6H3,(H,22,24)(H2,19,20,21). The molecule has 1 heterocycles. The highest BCUT2D eigenvalue weighted by Crippen LogP contribution is 2.09. The Morgan fingerprint density at radius 3 is 2.38 bits per heavy atom. The summed E-state index contributed by atoms with van der Waals surface area (Å²) in [4.78, 5) is 18.9. The van der Waals surface area contributed by atoms with Crippen molar-refractivity contribution in [3.8, 4) is 0 Å². The van der Waals surface area contributed by atoms with E-state index in [2.05, 4.69) is 25.8 Å². The molecule has 152 valence electrons. The van der Waals surface area contributed by atoms with Crippen LogP contribution in [0.25, 0.3) is 0 Å². The average molecular weight is 372 g/mol. The summed E-state index contributed by atoms with van der Waals surface area (Å²) in [6, 6.07) is 0. The summed E-state index contributed by atoms with van der Waals surface area (Å²) in [5.41, 5.74) is -1.02. The van der Waals surface area contributed by atoms with E-state index in [1.807, 2.05) is 41.5 Å². The van der Waals surface area contributed by atoms with Crippen molar-refractivity contribution in [3.63, 3.8) is 0 Å². The van der Waals surface area contributed by atoms with Gasteiger partial charge in [0.25, 0.3) is 0 Å². The quantitative estimate of drug-likeness (QED) is 0.460. The van der Waals surface area contributed by atoms with Crippen molar-refractivity contribution in [1.82, 2.24) is 20.9 Å². The summed E-state index contributed by atoms with van der Waals surface area (Å²) >= 11 is 0. The molecule has 0 atom stereocenters. The van der Waals surface area contributed by atoms with Crippen LogP contribution in [0.4, 0.5) is 4.79 Å². The van der Waals surface area contributed by atoms with Gasteiger partial charge in [-0.2, -0.15) is 0 Å². The van der Waals surface area contributed by atoms with E-state index in [-0.39, 0.29) is 0 Å². The summed E-state index contributed by atoms with van der Waals surface area (Å²) in [5.74, 6) is 0.750. The van der Waals surface area contributed by atoms with Gasteiger partial charge in [0, 0.05) is 32.7 Å². The number of amides is 1. The number of ether oxygens (including phenoxy) is 2. The van der Waals surface area contributed by atoms with E-state index in [4.69, 9.17) is 9.47 Å². The van der Waals surface area contributed by atoms with Gasteiger partial charge in [0.05, 0.1) is 25.3 Å². The molecule has 0 aromatic carbocycles. The second-order valence-corrected chi connectivity index (χ2v) is 8.09. The molecule has 0 bridgehead atoms. The van der Waals surface area contributed by atoms with Gasteiger partial charge in [-0.25, -0.2) is 4.79 Å². The monoisotopic (exact) mass is 371 g/mol. The Labute approximate surface area is 158 Å². The smallest absolute Gasteiger partial charge is 0.408 e. The number of hydrogen-bond donors (Lipinski definition) is 3. The highest BCUT2D eigenvalue weighted by molar-refractivity contribution is 5.79. The van der Waals surface area contributed by atoms with Crippen LogP contribution in [-0.4, -0.2) is 80.6 Å². The van der Waals surface area contributed by atoms with Crippen LogP contribution in [-0.2, 0) is 9.47 Å². The Balaban J connectivity index is 2.45. The number of rotatable bonds is 7. The number of hydrogen-bond acceptors (Lipinski definition) is 5. The first-order chi connectivity index (χ1) is 12.1. The molecule has 8 heteroatoms. The number of alkyl carbamates (subject to hydrolysis) is 1. The lowest BCUT2D eigenvalue weighted by Gasteiger charge is -2.28. The summed E-state index contributed by atoms with van der Waals surface area (Å²) < 4.78 is 10.7. The number of nitrogens with one attached hydrogen (secondary N) is 3. The second-order valence-electron chi connectivity index (χ2n) is 8.09. The predicted molar refractivity (Wildman–Crippen MR) is 105 cm³/mol. The maximum atomic E-state index is 12.0. The van der Waals surface area contributed by atoms with Gasteiger partial charge >= 0.3 is 6.09 Å². The minimum absolute atomic E-state index is 0.428. The van der Waals surface area contributed by atoms with Gasteiger partial charge in [0.1, 0.15) is 5.60 Å². The second kappa shape index (κ2) is 10.6. The fourth-order valence-electron chi connectivity index (χ4n) is 2.40. The van der Waals surface area contributed by atoms with E-state index < -0.39 is 17.2 Å². The van der Waals surface area contributed by atoms with Gasteiger partial charge in [-0.15, -0.1) is 0 Å². The molecule has 0 aromatic heterocycles. The summed E-state index contributed by atoms with van der Waals surface area (Å²) in [6.07, 6.45) is -0.428. The van der Waals surface area contributed by atoms with Crippen LogP contribution in [0.1, 0.15) is 41.5 Å². The molecule has 0 spiro atoms. The molecule has 1 amide bonds. The lowest BCUT2D eigenvalue weighted by Crippen LogP contribution is -2.49. The van der Waals surface area contributed by atoms with Gasteiger partial charge in [0.2, 0.25) is 0 Å². The minimum atomic E-state index is -0.514. The third-order valence-electron chi connectivity index (χ3n) is 3.64. The number of carbonyl (C=O) groups excluding carboxylic acids is 1. The van der Waals surface area contributed by atoms with E-state index in [0.29, 0.717) is 6.54 Å². The lowest BCUT2D eigenvalue weighted by molar-refractivity contribution is 0.0389. The Kier molecular flexibility index (Phi) is 9.15. The van der Waals surface area contributed by atoms with Crippen molar-refractivity contribution in [2.45, 2.75) is 52.7 Å². The Bertz CT molecular complexity index is 454. The molecule has 8 nitrogen and oxygen atoms in total. The van der Waals surface area contributed by atoms with Crippen LogP contribution in [0.2, 0.25) is 0 Å². The van der Waals surface area contributed by atoms with Crippen molar-refractivity contribution in [2.24, 2.45) is 4.99 Å². The number of guanidine groups is 1. The molecular formula is C18H37N5O3. The molecule has 0 aliphatic carbocycles. The lowest BCUT2D eigenvalue weighted by atomic mass is 10.1. The molecule has 1 aliphatic rings. The fourth-order valence-corrected chi connectivity index (χ4v) is 2.40. The molecule has 26 heavy (non-hydrogen) atoms. The molecule has 0 unspecified atom stereocenters. The van der Waals surface area contributed by atoms with Crippen LogP contribution in [0.3, 0.4) is 0 Å². The largest absolute Gasteiger partial charge is 0.444 e. The molecule has 3 N–H and O–H groups in total. The fraction of sp³-hybridized carbons (Fsp3) is 0.889. The molecule has 1 fully saturated rings. The van der Waals surface area contributed by atoms with Crippen molar-refractivity contribution in [3.05, 3.63) is 0 Å². The molecule has 0 radical (unpaired) electrons. The maximum absolute atomic E-state index is 12.0. The summed E-state index contributed by atoms with van der Waals surface area (Å²) in [7, 11) is 0. The molecular weight excluding hydrogens is 334 g/mol. The van der Waals surface area contributed by atoms with Gasteiger partial charge in [-0.3, -0.25) is 9.89 Å². The number of carbonyl (C=O) groups is 1. The maximum Gasteiger partial charge on any atom is 0.408 e. The van der Waals surface area contributed by atoms with Crippen LogP contribution < -0.4 is 16.0 Å². The van der Waals surface area contributed by atoms with Crippen molar-refractivity contribution in [2.75, 3.05) is 52.5 Å². The third-order valence-corrected chi connectivity index (χ3v) is 3.64. The van der Waals surface area contributed by atoms with E-state index in [1.54, 1.807) is 0 Å². The molecule has 0 saturated carbocycles. The van der Waals surface area contributed by atoms with Crippen LogP contribution in [0, 0.1) is 0 Å².